The SMILES string of the molecule is CC#CC(=O)NC(CC)CC(=O)O. The number of aliphatic carboxylic acids is 1. The van der Waals surface area contributed by atoms with Crippen molar-refractivity contribution in [3.63, 3.8) is 0 Å². The van der Waals surface area contributed by atoms with Gasteiger partial charge in [-0.3, -0.25) is 9.59 Å². The number of hydrogen-bond donors (Lipinski definition) is 2. The van der Waals surface area contributed by atoms with Crippen LogP contribution in [0.15, 0.2) is 0 Å². The normalized spacial score (nSPS) is 10.9. The van der Waals surface area contributed by atoms with Crippen LogP contribution < -0.4 is 5.32 Å². The minimum absolute atomic E-state index is 0.0619. The molecule has 0 radical (unpaired) electrons. The summed E-state index contributed by atoms with van der Waals surface area (Å²) >= 11 is 0. The van der Waals surface area contributed by atoms with E-state index in [1.54, 1.807) is 6.92 Å². The van der Waals surface area contributed by atoms with Gasteiger partial charge in [-0.05, 0) is 19.3 Å². The lowest BCUT2D eigenvalue weighted by Gasteiger charge is -2.11. The zero-order valence-corrected chi connectivity index (χ0v) is 7.76. The van der Waals surface area contributed by atoms with Gasteiger partial charge in [0, 0.05) is 6.04 Å². The molecule has 1 amide bonds. The van der Waals surface area contributed by atoms with E-state index in [4.69, 9.17) is 5.11 Å². The molecular formula is C9H13NO3. The number of carboxylic acids is 1. The van der Waals surface area contributed by atoms with Crippen LogP contribution in [0.2, 0.25) is 0 Å². The van der Waals surface area contributed by atoms with Gasteiger partial charge >= 0.3 is 5.97 Å². The highest BCUT2D eigenvalue weighted by Gasteiger charge is 2.12. The predicted molar refractivity (Wildman–Crippen MR) is 47.9 cm³/mol. The first-order valence-corrected chi connectivity index (χ1v) is 4.05. The predicted octanol–water partition coefficient (Wildman–Crippen LogP) is 0.379. The highest BCUT2D eigenvalue weighted by atomic mass is 16.4. The zero-order chi connectivity index (χ0) is 10.3. The topological polar surface area (TPSA) is 66.4 Å². The molecule has 0 bridgehead atoms. The van der Waals surface area contributed by atoms with Gasteiger partial charge in [-0.25, -0.2) is 0 Å². The lowest BCUT2D eigenvalue weighted by molar-refractivity contribution is -0.137. The lowest BCUT2D eigenvalue weighted by atomic mass is 10.1. The lowest BCUT2D eigenvalue weighted by Crippen LogP contribution is -2.35. The Morgan fingerprint density at radius 3 is 2.54 bits per heavy atom. The summed E-state index contributed by atoms with van der Waals surface area (Å²) in [7, 11) is 0. The van der Waals surface area contributed by atoms with Crippen LogP contribution in [0.4, 0.5) is 0 Å². The molecule has 0 aromatic rings. The Morgan fingerprint density at radius 2 is 2.15 bits per heavy atom. The van der Waals surface area contributed by atoms with Crippen LogP contribution in [-0.2, 0) is 9.59 Å². The van der Waals surface area contributed by atoms with E-state index in [9.17, 15) is 9.59 Å². The summed E-state index contributed by atoms with van der Waals surface area (Å²) in [6.45, 7) is 3.37. The number of carboxylic acid groups (broad SMARTS) is 1. The molecule has 0 saturated heterocycles. The van der Waals surface area contributed by atoms with E-state index in [1.165, 1.54) is 0 Å². The molecule has 0 aliphatic heterocycles. The van der Waals surface area contributed by atoms with E-state index in [0.717, 1.165) is 0 Å². The average molecular weight is 183 g/mol. The molecule has 4 nitrogen and oxygen atoms in total. The Morgan fingerprint density at radius 1 is 1.54 bits per heavy atom. The molecule has 0 aliphatic rings. The highest BCUT2D eigenvalue weighted by Crippen LogP contribution is 1.96. The van der Waals surface area contributed by atoms with Crippen LogP contribution in [0.3, 0.4) is 0 Å². The third kappa shape index (κ3) is 5.74. The van der Waals surface area contributed by atoms with Gasteiger partial charge in [-0.1, -0.05) is 12.8 Å². The van der Waals surface area contributed by atoms with Crippen LogP contribution in [0.5, 0.6) is 0 Å². The molecule has 1 atom stereocenters. The summed E-state index contributed by atoms with van der Waals surface area (Å²) in [6, 6.07) is -0.328. The highest BCUT2D eigenvalue weighted by molar-refractivity contribution is 5.93. The van der Waals surface area contributed by atoms with Gasteiger partial charge in [0.15, 0.2) is 0 Å². The third-order valence-corrected chi connectivity index (χ3v) is 1.49. The number of hydrogen-bond acceptors (Lipinski definition) is 2. The van der Waals surface area contributed by atoms with Crippen LogP contribution in [0, 0.1) is 11.8 Å². The zero-order valence-electron chi connectivity index (χ0n) is 7.76. The first-order valence-electron chi connectivity index (χ1n) is 4.05. The molecule has 0 saturated carbocycles. The third-order valence-electron chi connectivity index (χ3n) is 1.49. The number of amides is 1. The molecule has 13 heavy (non-hydrogen) atoms. The van der Waals surface area contributed by atoms with Crippen molar-refractivity contribution in [3.05, 3.63) is 0 Å². The van der Waals surface area contributed by atoms with E-state index in [-0.39, 0.29) is 12.5 Å². The Bertz CT molecular complexity index is 249. The van der Waals surface area contributed by atoms with Crippen LogP contribution in [0.1, 0.15) is 26.7 Å². The molecule has 2 N–H and O–H groups in total. The fourth-order valence-electron chi connectivity index (χ4n) is 0.843. The van der Waals surface area contributed by atoms with Crippen molar-refractivity contribution in [2.45, 2.75) is 32.7 Å². The Labute approximate surface area is 77.3 Å². The number of rotatable bonds is 4. The standard InChI is InChI=1S/C9H13NO3/c1-3-5-8(11)10-7(4-2)6-9(12)13/h7H,4,6H2,1-2H3,(H,10,11)(H,12,13). The van der Waals surface area contributed by atoms with Gasteiger partial charge < -0.3 is 10.4 Å². The van der Waals surface area contributed by atoms with E-state index in [2.05, 4.69) is 17.2 Å². The summed E-state index contributed by atoms with van der Waals surface area (Å²) in [4.78, 5) is 21.2. The van der Waals surface area contributed by atoms with Crippen LogP contribution in [0.25, 0.3) is 0 Å². The maximum absolute atomic E-state index is 10.9. The average Bonchev–Trinajstić information content (AvgIpc) is 2.02. The first kappa shape index (κ1) is 11.5. The fraction of sp³-hybridized carbons (Fsp3) is 0.556. The molecule has 4 heteroatoms. The molecule has 0 rings (SSSR count). The summed E-state index contributed by atoms with van der Waals surface area (Å²) in [5.74, 6) is 3.39. The monoisotopic (exact) mass is 183 g/mol. The second-order valence-corrected chi connectivity index (χ2v) is 2.55. The maximum Gasteiger partial charge on any atom is 0.305 e. The molecule has 72 valence electrons. The second-order valence-electron chi connectivity index (χ2n) is 2.55. The molecule has 0 aromatic heterocycles. The maximum atomic E-state index is 10.9. The molecular weight excluding hydrogens is 170 g/mol. The first-order chi connectivity index (χ1) is 6.10. The van der Waals surface area contributed by atoms with Crippen molar-refractivity contribution in [1.29, 1.82) is 0 Å². The van der Waals surface area contributed by atoms with Gasteiger partial charge in [0.05, 0.1) is 6.42 Å². The van der Waals surface area contributed by atoms with Crippen molar-refractivity contribution in [2.75, 3.05) is 0 Å². The van der Waals surface area contributed by atoms with Gasteiger partial charge in [0.1, 0.15) is 0 Å². The number of carbonyl (C=O) groups excluding carboxylic acids is 1. The van der Waals surface area contributed by atoms with Gasteiger partial charge in [-0.15, -0.1) is 0 Å². The summed E-state index contributed by atoms with van der Waals surface area (Å²) < 4.78 is 0. The molecule has 0 aromatic carbocycles. The molecule has 0 spiro atoms. The summed E-state index contributed by atoms with van der Waals surface area (Å²) in [5, 5.41) is 11.0. The summed E-state index contributed by atoms with van der Waals surface area (Å²) in [6.07, 6.45) is 0.525. The Hall–Kier alpha value is -1.50. The van der Waals surface area contributed by atoms with E-state index >= 15 is 0 Å². The van der Waals surface area contributed by atoms with Crippen molar-refractivity contribution in [3.8, 4) is 11.8 Å². The van der Waals surface area contributed by atoms with Crippen LogP contribution in [-0.4, -0.2) is 23.0 Å². The molecule has 0 aliphatic carbocycles. The van der Waals surface area contributed by atoms with Crippen molar-refractivity contribution in [1.82, 2.24) is 5.32 Å². The van der Waals surface area contributed by atoms with Crippen LogP contribution >= 0.6 is 0 Å². The van der Waals surface area contributed by atoms with Gasteiger partial charge in [0.2, 0.25) is 0 Å². The van der Waals surface area contributed by atoms with Crippen molar-refractivity contribution >= 4 is 11.9 Å². The minimum Gasteiger partial charge on any atom is -0.481 e. The quantitative estimate of drug-likeness (QED) is 0.619. The second kappa shape index (κ2) is 6.06. The minimum atomic E-state index is -0.920. The fourth-order valence-corrected chi connectivity index (χ4v) is 0.843. The van der Waals surface area contributed by atoms with E-state index < -0.39 is 11.9 Å². The Kier molecular flexibility index (Phi) is 5.37. The van der Waals surface area contributed by atoms with E-state index in [1.807, 2.05) is 6.92 Å². The molecule has 0 heterocycles. The Balaban J connectivity index is 4.02. The smallest absolute Gasteiger partial charge is 0.305 e. The van der Waals surface area contributed by atoms with Gasteiger partial charge in [0.25, 0.3) is 5.91 Å². The number of nitrogens with one attached hydrogen (secondary N) is 1. The summed E-state index contributed by atoms with van der Waals surface area (Å²) in [5.41, 5.74) is 0. The van der Waals surface area contributed by atoms with E-state index in [0.29, 0.717) is 6.42 Å². The van der Waals surface area contributed by atoms with Crippen molar-refractivity contribution < 1.29 is 14.7 Å². The van der Waals surface area contributed by atoms with Crippen molar-refractivity contribution in [2.24, 2.45) is 0 Å². The van der Waals surface area contributed by atoms with Gasteiger partial charge in [-0.2, -0.15) is 0 Å². The molecule has 1 unspecified atom stereocenters. The molecule has 0 fully saturated rings. The largest absolute Gasteiger partial charge is 0.481 e. The number of carbonyl (C=O) groups is 2.